The maximum Gasteiger partial charge on any atom is 0.220 e. The Kier molecular flexibility index (Phi) is 5.93. The first-order valence-corrected chi connectivity index (χ1v) is 6.41. The monoisotopic (exact) mass is 244 g/mol. The van der Waals surface area contributed by atoms with Gasteiger partial charge in [0, 0.05) is 12.5 Å². The molecule has 1 amide bonds. The SMILES string of the molecule is CCC(C)NC(=O)CCC(C#N)c1ccccc1. The van der Waals surface area contributed by atoms with Crippen LogP contribution in [0.5, 0.6) is 0 Å². The summed E-state index contributed by atoms with van der Waals surface area (Å²) in [5, 5.41) is 12.1. The molecule has 0 aliphatic heterocycles. The molecule has 0 saturated heterocycles. The molecule has 2 atom stereocenters. The van der Waals surface area contributed by atoms with E-state index in [9.17, 15) is 4.79 Å². The molecular formula is C15H20N2O. The minimum absolute atomic E-state index is 0.0283. The van der Waals surface area contributed by atoms with Crippen LogP contribution in [-0.4, -0.2) is 11.9 Å². The summed E-state index contributed by atoms with van der Waals surface area (Å²) in [6.07, 6.45) is 1.90. The highest BCUT2D eigenvalue weighted by molar-refractivity contribution is 5.76. The Morgan fingerprint density at radius 2 is 2.06 bits per heavy atom. The lowest BCUT2D eigenvalue weighted by atomic mass is 9.95. The van der Waals surface area contributed by atoms with Gasteiger partial charge in [-0.15, -0.1) is 0 Å². The van der Waals surface area contributed by atoms with E-state index in [0.717, 1.165) is 12.0 Å². The van der Waals surface area contributed by atoms with Crippen molar-refractivity contribution in [1.29, 1.82) is 5.26 Å². The Morgan fingerprint density at radius 1 is 1.39 bits per heavy atom. The molecule has 18 heavy (non-hydrogen) atoms. The van der Waals surface area contributed by atoms with Crippen LogP contribution >= 0.6 is 0 Å². The van der Waals surface area contributed by atoms with Crippen LogP contribution in [0.15, 0.2) is 30.3 Å². The number of hydrogen-bond acceptors (Lipinski definition) is 2. The minimum Gasteiger partial charge on any atom is -0.354 e. The van der Waals surface area contributed by atoms with E-state index in [4.69, 9.17) is 5.26 Å². The largest absolute Gasteiger partial charge is 0.354 e. The van der Waals surface area contributed by atoms with Crippen molar-refractivity contribution < 1.29 is 4.79 Å². The van der Waals surface area contributed by atoms with Gasteiger partial charge in [-0.2, -0.15) is 5.26 Å². The first-order chi connectivity index (χ1) is 8.67. The van der Waals surface area contributed by atoms with Gasteiger partial charge >= 0.3 is 0 Å². The summed E-state index contributed by atoms with van der Waals surface area (Å²) in [7, 11) is 0. The van der Waals surface area contributed by atoms with Gasteiger partial charge in [-0.1, -0.05) is 37.3 Å². The van der Waals surface area contributed by atoms with Gasteiger partial charge in [0.15, 0.2) is 0 Å². The number of nitrogens with zero attached hydrogens (tertiary/aromatic N) is 1. The molecule has 0 aliphatic carbocycles. The van der Waals surface area contributed by atoms with E-state index in [1.807, 2.05) is 44.2 Å². The molecule has 96 valence electrons. The summed E-state index contributed by atoms with van der Waals surface area (Å²) >= 11 is 0. The second kappa shape index (κ2) is 7.50. The van der Waals surface area contributed by atoms with Crippen LogP contribution in [0.2, 0.25) is 0 Å². The fraction of sp³-hybridized carbons (Fsp3) is 0.467. The third-order valence-electron chi connectivity index (χ3n) is 3.04. The van der Waals surface area contributed by atoms with Crippen LogP contribution in [0.25, 0.3) is 0 Å². The van der Waals surface area contributed by atoms with E-state index in [-0.39, 0.29) is 17.9 Å². The van der Waals surface area contributed by atoms with Crippen LogP contribution in [0.3, 0.4) is 0 Å². The number of amides is 1. The molecule has 0 fully saturated rings. The molecule has 1 N–H and O–H groups in total. The summed E-state index contributed by atoms with van der Waals surface area (Å²) in [5.74, 6) is -0.172. The molecule has 1 aromatic rings. The zero-order chi connectivity index (χ0) is 13.4. The van der Waals surface area contributed by atoms with E-state index in [2.05, 4.69) is 11.4 Å². The van der Waals surface area contributed by atoms with Gasteiger partial charge in [-0.05, 0) is 25.3 Å². The maximum absolute atomic E-state index is 11.6. The van der Waals surface area contributed by atoms with Crippen molar-refractivity contribution in [2.75, 3.05) is 0 Å². The third-order valence-corrected chi connectivity index (χ3v) is 3.04. The molecule has 0 spiro atoms. The molecule has 3 heteroatoms. The number of carbonyl (C=O) groups excluding carboxylic acids is 1. The molecule has 1 aromatic carbocycles. The molecule has 0 bridgehead atoms. The van der Waals surface area contributed by atoms with E-state index >= 15 is 0 Å². The quantitative estimate of drug-likeness (QED) is 0.836. The predicted octanol–water partition coefficient (Wildman–Crippen LogP) is 2.99. The topological polar surface area (TPSA) is 52.9 Å². The normalized spacial score (nSPS) is 13.4. The third kappa shape index (κ3) is 4.58. The molecule has 0 aromatic heterocycles. The molecule has 0 aliphatic rings. The van der Waals surface area contributed by atoms with Crippen molar-refractivity contribution >= 4 is 5.91 Å². The van der Waals surface area contributed by atoms with E-state index in [0.29, 0.717) is 12.8 Å². The highest BCUT2D eigenvalue weighted by Crippen LogP contribution is 2.19. The molecular weight excluding hydrogens is 224 g/mol. The molecule has 0 heterocycles. The zero-order valence-corrected chi connectivity index (χ0v) is 11.0. The summed E-state index contributed by atoms with van der Waals surface area (Å²) in [5.41, 5.74) is 0.983. The Hall–Kier alpha value is -1.82. The van der Waals surface area contributed by atoms with E-state index in [1.54, 1.807) is 0 Å². The fourth-order valence-electron chi connectivity index (χ4n) is 1.72. The number of benzene rings is 1. The summed E-state index contributed by atoms with van der Waals surface area (Å²) in [4.78, 5) is 11.6. The number of nitrogens with one attached hydrogen (secondary N) is 1. The number of rotatable bonds is 6. The first kappa shape index (κ1) is 14.2. The van der Waals surface area contributed by atoms with Crippen molar-refractivity contribution in [3.63, 3.8) is 0 Å². The molecule has 0 radical (unpaired) electrons. The van der Waals surface area contributed by atoms with Crippen LogP contribution in [-0.2, 0) is 4.79 Å². The van der Waals surface area contributed by atoms with Gasteiger partial charge in [0.25, 0.3) is 0 Å². The highest BCUT2D eigenvalue weighted by Gasteiger charge is 2.13. The second-order valence-electron chi connectivity index (χ2n) is 4.51. The van der Waals surface area contributed by atoms with Crippen LogP contribution in [0, 0.1) is 11.3 Å². The Bertz CT molecular complexity index is 408. The van der Waals surface area contributed by atoms with Crippen LogP contribution in [0.1, 0.15) is 44.6 Å². The first-order valence-electron chi connectivity index (χ1n) is 6.41. The van der Waals surface area contributed by atoms with Crippen molar-refractivity contribution in [1.82, 2.24) is 5.32 Å². The molecule has 2 unspecified atom stereocenters. The number of hydrogen-bond donors (Lipinski definition) is 1. The Morgan fingerprint density at radius 3 is 2.61 bits per heavy atom. The summed E-state index contributed by atoms with van der Waals surface area (Å²) in [6, 6.07) is 12.1. The lowest BCUT2D eigenvalue weighted by Crippen LogP contribution is -2.31. The average Bonchev–Trinajstić information content (AvgIpc) is 2.40. The lowest BCUT2D eigenvalue weighted by Gasteiger charge is -2.13. The Labute approximate surface area is 109 Å². The average molecular weight is 244 g/mol. The van der Waals surface area contributed by atoms with Gasteiger partial charge in [-0.3, -0.25) is 4.79 Å². The van der Waals surface area contributed by atoms with E-state index < -0.39 is 0 Å². The Balaban J connectivity index is 2.46. The predicted molar refractivity (Wildman–Crippen MR) is 71.9 cm³/mol. The van der Waals surface area contributed by atoms with Crippen LogP contribution < -0.4 is 5.32 Å². The van der Waals surface area contributed by atoms with E-state index in [1.165, 1.54) is 0 Å². The smallest absolute Gasteiger partial charge is 0.220 e. The molecule has 0 saturated carbocycles. The van der Waals surface area contributed by atoms with Gasteiger partial charge in [0.2, 0.25) is 5.91 Å². The van der Waals surface area contributed by atoms with Crippen LogP contribution in [0.4, 0.5) is 0 Å². The second-order valence-corrected chi connectivity index (χ2v) is 4.51. The van der Waals surface area contributed by atoms with Crippen molar-refractivity contribution in [2.24, 2.45) is 0 Å². The molecule has 1 rings (SSSR count). The zero-order valence-electron chi connectivity index (χ0n) is 11.0. The summed E-state index contributed by atoms with van der Waals surface area (Å²) < 4.78 is 0. The standard InChI is InChI=1S/C15H20N2O/c1-3-12(2)17-15(18)10-9-14(11-16)13-7-5-4-6-8-13/h4-8,12,14H,3,9-10H2,1-2H3,(H,17,18). The van der Waals surface area contributed by atoms with Crippen molar-refractivity contribution in [3.8, 4) is 6.07 Å². The minimum atomic E-state index is -0.200. The number of nitriles is 1. The van der Waals surface area contributed by atoms with Gasteiger partial charge in [0.05, 0.1) is 12.0 Å². The van der Waals surface area contributed by atoms with Gasteiger partial charge in [-0.25, -0.2) is 0 Å². The van der Waals surface area contributed by atoms with Crippen molar-refractivity contribution in [3.05, 3.63) is 35.9 Å². The highest BCUT2D eigenvalue weighted by atomic mass is 16.1. The summed E-state index contributed by atoms with van der Waals surface area (Å²) in [6.45, 7) is 4.02. The van der Waals surface area contributed by atoms with Gasteiger partial charge < -0.3 is 5.32 Å². The van der Waals surface area contributed by atoms with Crippen molar-refractivity contribution in [2.45, 2.75) is 45.1 Å². The molecule has 3 nitrogen and oxygen atoms in total. The number of carbonyl (C=O) groups is 1. The maximum atomic E-state index is 11.6. The fourth-order valence-corrected chi connectivity index (χ4v) is 1.72. The lowest BCUT2D eigenvalue weighted by molar-refractivity contribution is -0.121. The van der Waals surface area contributed by atoms with Gasteiger partial charge in [0.1, 0.15) is 0 Å².